The minimum Gasteiger partial charge on any atom is -0.358 e. The summed E-state index contributed by atoms with van der Waals surface area (Å²) >= 11 is 3.40. The molecule has 3 rings (SSSR count). The average molecular weight is 319 g/mol. The van der Waals surface area contributed by atoms with Gasteiger partial charge in [0, 0.05) is 15.6 Å². The summed E-state index contributed by atoms with van der Waals surface area (Å²) in [7, 11) is 0. The Balaban J connectivity index is 2.19. The molecule has 2 aromatic rings. The molecule has 2 nitrogen and oxygen atoms in total. The van der Waals surface area contributed by atoms with Crippen molar-refractivity contribution in [2.24, 2.45) is 0 Å². The quantitative estimate of drug-likeness (QED) is 0.863. The first-order valence-corrected chi connectivity index (χ1v) is 7.01. The summed E-state index contributed by atoms with van der Waals surface area (Å²) in [6, 6.07) is 15.4. The molecule has 1 atom stereocenters. The molecule has 1 aliphatic heterocycles. The van der Waals surface area contributed by atoms with Crippen LogP contribution in [0.2, 0.25) is 0 Å². The first kappa shape index (κ1) is 12.9. The van der Waals surface area contributed by atoms with Crippen LogP contribution in [0.25, 0.3) is 0 Å². The van der Waals surface area contributed by atoms with Crippen molar-refractivity contribution >= 4 is 15.9 Å². The summed E-state index contributed by atoms with van der Waals surface area (Å²) in [4.78, 5) is 0. The smallest absolute Gasteiger partial charge is 0.221 e. The van der Waals surface area contributed by atoms with Gasteiger partial charge in [0.2, 0.25) is 5.79 Å². The van der Waals surface area contributed by atoms with Crippen LogP contribution < -0.4 is 0 Å². The maximum Gasteiger partial charge on any atom is 0.221 e. The van der Waals surface area contributed by atoms with Crippen molar-refractivity contribution in [3.63, 3.8) is 0 Å². The molecule has 0 radical (unpaired) electrons. The normalized spacial score (nSPS) is 24.2. The van der Waals surface area contributed by atoms with Crippen LogP contribution in [-0.4, -0.2) is 5.11 Å². The standard InChI is InChI=1S/C16H15BrO2/c1-15(2)13-5-3-4-6-14(13)16(18,19-15)11-7-9-12(17)10-8-11/h3-10,18H,1-2H3. The number of hydrogen-bond donors (Lipinski definition) is 1. The summed E-state index contributed by atoms with van der Waals surface area (Å²) in [5, 5.41) is 11.0. The van der Waals surface area contributed by atoms with E-state index in [1.54, 1.807) is 0 Å². The van der Waals surface area contributed by atoms with Gasteiger partial charge in [-0.3, -0.25) is 0 Å². The van der Waals surface area contributed by atoms with Crippen LogP contribution >= 0.6 is 15.9 Å². The Morgan fingerprint density at radius 1 is 0.947 bits per heavy atom. The van der Waals surface area contributed by atoms with Gasteiger partial charge in [-0.2, -0.15) is 0 Å². The zero-order valence-electron chi connectivity index (χ0n) is 10.9. The lowest BCUT2D eigenvalue weighted by Gasteiger charge is -2.27. The summed E-state index contributed by atoms with van der Waals surface area (Å²) < 4.78 is 6.95. The van der Waals surface area contributed by atoms with Gasteiger partial charge in [0.05, 0.1) is 5.60 Å². The van der Waals surface area contributed by atoms with Gasteiger partial charge in [-0.1, -0.05) is 52.3 Å². The third-order valence-corrected chi connectivity index (χ3v) is 4.11. The van der Waals surface area contributed by atoms with Crippen molar-refractivity contribution in [1.82, 2.24) is 0 Å². The first-order valence-electron chi connectivity index (χ1n) is 6.22. The van der Waals surface area contributed by atoms with E-state index in [4.69, 9.17) is 4.74 Å². The van der Waals surface area contributed by atoms with Crippen molar-refractivity contribution in [1.29, 1.82) is 0 Å². The molecule has 1 N–H and O–H groups in total. The highest BCUT2D eigenvalue weighted by atomic mass is 79.9. The maximum atomic E-state index is 11.0. The number of hydrogen-bond acceptors (Lipinski definition) is 2. The van der Waals surface area contributed by atoms with Gasteiger partial charge in [0.15, 0.2) is 0 Å². The molecule has 19 heavy (non-hydrogen) atoms. The van der Waals surface area contributed by atoms with Gasteiger partial charge in [-0.15, -0.1) is 0 Å². The Morgan fingerprint density at radius 2 is 1.53 bits per heavy atom. The molecule has 0 saturated heterocycles. The summed E-state index contributed by atoms with van der Waals surface area (Å²) in [5.74, 6) is -1.37. The van der Waals surface area contributed by atoms with Crippen molar-refractivity contribution in [2.75, 3.05) is 0 Å². The Morgan fingerprint density at radius 3 is 2.16 bits per heavy atom. The van der Waals surface area contributed by atoms with E-state index in [-0.39, 0.29) is 0 Å². The van der Waals surface area contributed by atoms with Gasteiger partial charge in [0.1, 0.15) is 0 Å². The predicted octanol–water partition coefficient (Wildman–Crippen LogP) is 3.91. The fourth-order valence-electron chi connectivity index (χ4n) is 2.67. The van der Waals surface area contributed by atoms with Gasteiger partial charge >= 0.3 is 0 Å². The van der Waals surface area contributed by atoms with Crippen LogP contribution in [0.5, 0.6) is 0 Å². The van der Waals surface area contributed by atoms with Crippen molar-refractivity contribution in [2.45, 2.75) is 25.2 Å². The highest BCUT2D eigenvalue weighted by Crippen LogP contribution is 2.48. The molecular weight excluding hydrogens is 304 g/mol. The van der Waals surface area contributed by atoms with Crippen LogP contribution in [0.15, 0.2) is 53.0 Å². The second-order valence-electron chi connectivity index (χ2n) is 5.31. The SMILES string of the molecule is CC1(C)OC(O)(c2ccc(Br)cc2)c2ccccc21. The molecule has 0 fully saturated rings. The molecule has 0 amide bonds. The predicted molar refractivity (Wildman–Crippen MR) is 77.7 cm³/mol. The molecular formula is C16H15BrO2. The van der Waals surface area contributed by atoms with Crippen LogP contribution in [0.3, 0.4) is 0 Å². The lowest BCUT2D eigenvalue weighted by atomic mass is 9.91. The maximum absolute atomic E-state index is 11.0. The van der Waals surface area contributed by atoms with Crippen LogP contribution in [0.1, 0.15) is 30.5 Å². The summed E-state index contributed by atoms with van der Waals surface area (Å²) in [6.07, 6.45) is 0. The van der Waals surface area contributed by atoms with E-state index in [1.807, 2.05) is 62.4 Å². The second kappa shape index (κ2) is 4.17. The highest BCUT2D eigenvalue weighted by molar-refractivity contribution is 9.10. The number of halogens is 1. The molecule has 0 aromatic heterocycles. The minimum absolute atomic E-state index is 0.502. The highest BCUT2D eigenvalue weighted by Gasteiger charge is 2.48. The molecule has 0 saturated carbocycles. The number of benzene rings is 2. The molecule has 98 valence electrons. The molecule has 1 aliphatic rings. The number of ether oxygens (including phenoxy) is 1. The average Bonchev–Trinajstić information content (AvgIpc) is 2.59. The molecule has 2 aromatic carbocycles. The Labute approximate surface area is 121 Å². The van der Waals surface area contributed by atoms with E-state index in [0.717, 1.165) is 21.2 Å². The minimum atomic E-state index is -1.37. The number of fused-ring (bicyclic) bond motifs is 1. The van der Waals surface area contributed by atoms with Gasteiger partial charge in [-0.05, 0) is 31.5 Å². The van der Waals surface area contributed by atoms with E-state index in [1.165, 1.54) is 0 Å². The van der Waals surface area contributed by atoms with E-state index in [0.29, 0.717) is 0 Å². The molecule has 0 aliphatic carbocycles. The summed E-state index contributed by atoms with van der Waals surface area (Å²) in [6.45, 7) is 3.95. The van der Waals surface area contributed by atoms with E-state index in [2.05, 4.69) is 15.9 Å². The lowest BCUT2D eigenvalue weighted by Crippen LogP contribution is -2.30. The van der Waals surface area contributed by atoms with Gasteiger partial charge < -0.3 is 9.84 Å². The summed E-state index contributed by atoms with van der Waals surface area (Å²) in [5.41, 5.74) is 2.09. The number of rotatable bonds is 1. The third kappa shape index (κ3) is 1.93. The Hall–Kier alpha value is -1.16. The van der Waals surface area contributed by atoms with Crippen molar-refractivity contribution in [3.05, 3.63) is 69.7 Å². The fraction of sp³-hybridized carbons (Fsp3) is 0.250. The van der Waals surface area contributed by atoms with Crippen LogP contribution in [0.4, 0.5) is 0 Å². The third-order valence-electron chi connectivity index (χ3n) is 3.58. The molecule has 1 unspecified atom stereocenters. The Bertz CT molecular complexity index is 619. The number of aliphatic hydroxyl groups is 1. The molecule has 1 heterocycles. The zero-order chi connectivity index (χ0) is 13.7. The monoisotopic (exact) mass is 318 g/mol. The van der Waals surface area contributed by atoms with E-state index >= 15 is 0 Å². The first-order chi connectivity index (χ1) is 8.93. The van der Waals surface area contributed by atoms with Crippen molar-refractivity contribution < 1.29 is 9.84 Å². The van der Waals surface area contributed by atoms with E-state index < -0.39 is 11.4 Å². The van der Waals surface area contributed by atoms with Gasteiger partial charge in [0.25, 0.3) is 0 Å². The molecule has 0 spiro atoms. The lowest BCUT2D eigenvalue weighted by molar-refractivity contribution is -0.222. The fourth-order valence-corrected chi connectivity index (χ4v) is 2.94. The Kier molecular flexibility index (Phi) is 2.82. The molecule has 0 bridgehead atoms. The van der Waals surface area contributed by atoms with Crippen molar-refractivity contribution in [3.8, 4) is 0 Å². The largest absolute Gasteiger partial charge is 0.358 e. The molecule has 3 heteroatoms. The van der Waals surface area contributed by atoms with E-state index in [9.17, 15) is 5.11 Å². The topological polar surface area (TPSA) is 29.5 Å². The van der Waals surface area contributed by atoms with Crippen LogP contribution in [0, 0.1) is 0 Å². The van der Waals surface area contributed by atoms with Crippen LogP contribution in [-0.2, 0) is 16.1 Å². The van der Waals surface area contributed by atoms with Gasteiger partial charge in [-0.25, -0.2) is 0 Å². The second-order valence-corrected chi connectivity index (χ2v) is 6.22. The zero-order valence-corrected chi connectivity index (χ0v) is 12.4.